The van der Waals surface area contributed by atoms with Gasteiger partial charge in [-0.1, -0.05) is 25.4 Å². The molecule has 0 saturated carbocycles. The summed E-state index contributed by atoms with van der Waals surface area (Å²) in [5, 5.41) is 1.74. The summed E-state index contributed by atoms with van der Waals surface area (Å²) in [5.41, 5.74) is 0.935. The lowest BCUT2D eigenvalue weighted by molar-refractivity contribution is 0.349. The van der Waals surface area contributed by atoms with E-state index in [4.69, 9.17) is 11.6 Å². The van der Waals surface area contributed by atoms with Crippen LogP contribution in [0.3, 0.4) is 0 Å². The summed E-state index contributed by atoms with van der Waals surface area (Å²) in [6, 6.07) is 5.76. The molecule has 0 aliphatic carbocycles. The zero-order valence-corrected chi connectivity index (χ0v) is 14.6. The van der Waals surface area contributed by atoms with Crippen LogP contribution in [0.25, 0.3) is 10.9 Å². The van der Waals surface area contributed by atoms with Crippen molar-refractivity contribution in [2.24, 2.45) is 5.92 Å². The van der Waals surface area contributed by atoms with Crippen molar-refractivity contribution in [1.29, 1.82) is 0 Å². The van der Waals surface area contributed by atoms with E-state index in [0.717, 1.165) is 47.2 Å². The van der Waals surface area contributed by atoms with Crippen LogP contribution in [0.5, 0.6) is 0 Å². The first-order valence-corrected chi connectivity index (χ1v) is 8.66. The Morgan fingerprint density at radius 2 is 2.04 bits per heavy atom. The normalized spacial score (nSPS) is 15.2. The van der Waals surface area contributed by atoms with E-state index in [0.29, 0.717) is 11.8 Å². The van der Waals surface area contributed by atoms with Gasteiger partial charge in [0.05, 0.1) is 5.52 Å². The molecule has 0 bridgehead atoms. The molecule has 1 fully saturated rings. The van der Waals surface area contributed by atoms with Gasteiger partial charge in [0.1, 0.15) is 18.0 Å². The van der Waals surface area contributed by atoms with Gasteiger partial charge in [0.25, 0.3) is 0 Å². The van der Waals surface area contributed by atoms with Crippen molar-refractivity contribution in [2.45, 2.75) is 26.3 Å². The Kier molecular flexibility index (Phi) is 3.88. The summed E-state index contributed by atoms with van der Waals surface area (Å²) in [6.45, 7) is 7.36. The highest BCUT2D eigenvalue weighted by atomic mass is 35.5. The maximum atomic E-state index is 6.14. The first-order chi connectivity index (χ1) is 11.6. The molecule has 0 amide bonds. The average molecular weight is 342 g/mol. The number of aromatic nitrogens is 4. The second-order valence-electron chi connectivity index (χ2n) is 6.72. The lowest BCUT2D eigenvalue weighted by atomic mass is 9.99. The summed E-state index contributed by atoms with van der Waals surface area (Å²) in [4.78, 5) is 15.6. The molecule has 1 saturated heterocycles. The topological polar surface area (TPSA) is 46.8 Å². The Morgan fingerprint density at radius 1 is 1.21 bits per heavy atom. The van der Waals surface area contributed by atoms with Crippen molar-refractivity contribution in [1.82, 2.24) is 19.5 Å². The van der Waals surface area contributed by atoms with Crippen molar-refractivity contribution >= 4 is 28.3 Å². The number of benzene rings is 1. The van der Waals surface area contributed by atoms with Gasteiger partial charge in [0.15, 0.2) is 0 Å². The number of imidazole rings is 1. The highest BCUT2D eigenvalue weighted by Crippen LogP contribution is 2.31. The van der Waals surface area contributed by atoms with Crippen molar-refractivity contribution in [3.8, 4) is 0 Å². The summed E-state index contributed by atoms with van der Waals surface area (Å²) in [7, 11) is 0. The van der Waals surface area contributed by atoms with E-state index in [1.165, 1.54) is 0 Å². The van der Waals surface area contributed by atoms with Crippen molar-refractivity contribution in [3.05, 3.63) is 47.8 Å². The second-order valence-corrected chi connectivity index (χ2v) is 7.16. The zero-order chi connectivity index (χ0) is 16.7. The Morgan fingerprint density at radius 3 is 2.83 bits per heavy atom. The fraction of sp³-hybridized carbons (Fsp3) is 0.389. The molecule has 0 spiro atoms. The van der Waals surface area contributed by atoms with Crippen LogP contribution in [0.4, 0.5) is 5.82 Å². The van der Waals surface area contributed by atoms with Gasteiger partial charge in [0, 0.05) is 54.3 Å². The summed E-state index contributed by atoms with van der Waals surface area (Å²) >= 11 is 6.14. The van der Waals surface area contributed by atoms with E-state index >= 15 is 0 Å². The van der Waals surface area contributed by atoms with Crippen molar-refractivity contribution in [2.75, 3.05) is 18.0 Å². The van der Waals surface area contributed by atoms with Gasteiger partial charge >= 0.3 is 0 Å². The lowest BCUT2D eigenvalue weighted by Gasteiger charge is -2.41. The smallest absolute Gasteiger partial charge is 0.139 e. The standard InChI is InChI=1S/C18H20ClN5/c1-12(2)17-20-5-6-23(17)8-13-9-24(10-13)18-15-7-14(19)3-4-16(15)21-11-22-18/h3-7,11-13H,8-10H2,1-2H3. The van der Waals surface area contributed by atoms with Gasteiger partial charge in [-0.3, -0.25) is 0 Å². The lowest BCUT2D eigenvalue weighted by Crippen LogP contribution is -2.49. The van der Waals surface area contributed by atoms with Crippen LogP contribution in [0.1, 0.15) is 25.6 Å². The van der Waals surface area contributed by atoms with Crippen LogP contribution in [-0.2, 0) is 6.54 Å². The number of hydrogen-bond acceptors (Lipinski definition) is 4. The van der Waals surface area contributed by atoms with E-state index in [-0.39, 0.29) is 0 Å². The molecule has 6 heteroatoms. The molecule has 124 valence electrons. The van der Waals surface area contributed by atoms with Gasteiger partial charge in [-0.05, 0) is 18.2 Å². The molecule has 0 N–H and O–H groups in total. The second kappa shape index (κ2) is 6.06. The number of nitrogens with zero attached hydrogens (tertiary/aromatic N) is 5. The third-order valence-electron chi connectivity index (χ3n) is 4.55. The number of hydrogen-bond donors (Lipinski definition) is 0. The minimum absolute atomic E-state index is 0.448. The molecule has 2 aromatic heterocycles. The number of anilines is 1. The molecule has 0 unspecified atom stereocenters. The van der Waals surface area contributed by atoms with E-state index in [1.54, 1.807) is 6.33 Å². The highest BCUT2D eigenvalue weighted by molar-refractivity contribution is 6.31. The van der Waals surface area contributed by atoms with E-state index in [9.17, 15) is 0 Å². The van der Waals surface area contributed by atoms with Crippen LogP contribution in [0, 0.1) is 5.92 Å². The van der Waals surface area contributed by atoms with Crippen LogP contribution in [-0.4, -0.2) is 32.6 Å². The zero-order valence-electron chi connectivity index (χ0n) is 13.9. The molecular weight excluding hydrogens is 322 g/mol. The number of fused-ring (bicyclic) bond motifs is 1. The first-order valence-electron chi connectivity index (χ1n) is 8.28. The van der Waals surface area contributed by atoms with Gasteiger partial charge in [-0.25, -0.2) is 15.0 Å². The van der Waals surface area contributed by atoms with Crippen molar-refractivity contribution < 1.29 is 0 Å². The fourth-order valence-electron chi connectivity index (χ4n) is 3.38. The Balaban J connectivity index is 1.50. The summed E-state index contributed by atoms with van der Waals surface area (Å²) < 4.78 is 2.28. The van der Waals surface area contributed by atoms with Crippen LogP contribution in [0.15, 0.2) is 36.9 Å². The SMILES string of the molecule is CC(C)c1nccn1CC1CN(c2ncnc3ccc(Cl)cc23)C1. The summed E-state index contributed by atoms with van der Waals surface area (Å²) in [6.07, 6.45) is 5.61. The van der Waals surface area contributed by atoms with E-state index < -0.39 is 0 Å². The fourth-order valence-corrected chi connectivity index (χ4v) is 3.55. The minimum Gasteiger partial charge on any atom is -0.355 e. The highest BCUT2D eigenvalue weighted by Gasteiger charge is 2.29. The molecule has 0 atom stereocenters. The van der Waals surface area contributed by atoms with Gasteiger partial charge in [-0.2, -0.15) is 0 Å². The van der Waals surface area contributed by atoms with Crippen LogP contribution >= 0.6 is 11.6 Å². The monoisotopic (exact) mass is 341 g/mol. The molecule has 24 heavy (non-hydrogen) atoms. The van der Waals surface area contributed by atoms with E-state index in [2.05, 4.69) is 44.5 Å². The maximum Gasteiger partial charge on any atom is 0.139 e. The molecule has 0 radical (unpaired) electrons. The third kappa shape index (κ3) is 2.73. The number of rotatable bonds is 4. The molecule has 4 rings (SSSR count). The van der Waals surface area contributed by atoms with Crippen LogP contribution < -0.4 is 4.90 Å². The molecule has 1 aromatic carbocycles. The predicted molar refractivity (Wildman–Crippen MR) is 96.6 cm³/mol. The van der Waals surface area contributed by atoms with Gasteiger partial charge < -0.3 is 9.47 Å². The molecule has 1 aliphatic heterocycles. The maximum absolute atomic E-state index is 6.14. The largest absolute Gasteiger partial charge is 0.355 e. The average Bonchev–Trinajstić information content (AvgIpc) is 2.98. The number of halogens is 1. The predicted octanol–water partition coefficient (Wildman–Crippen LogP) is 3.74. The Hall–Kier alpha value is -2.14. The quantitative estimate of drug-likeness (QED) is 0.725. The summed E-state index contributed by atoms with van der Waals surface area (Å²) in [5.74, 6) is 3.20. The first kappa shape index (κ1) is 15.4. The van der Waals surface area contributed by atoms with E-state index in [1.807, 2.05) is 24.4 Å². The molecule has 3 aromatic rings. The van der Waals surface area contributed by atoms with Gasteiger partial charge in [-0.15, -0.1) is 0 Å². The molecule has 5 nitrogen and oxygen atoms in total. The van der Waals surface area contributed by atoms with Crippen LogP contribution in [0.2, 0.25) is 5.02 Å². The van der Waals surface area contributed by atoms with Crippen molar-refractivity contribution in [3.63, 3.8) is 0 Å². The minimum atomic E-state index is 0.448. The molecule has 3 heterocycles. The van der Waals surface area contributed by atoms with Gasteiger partial charge in [0.2, 0.25) is 0 Å². The molecular formula is C18H20ClN5. The third-order valence-corrected chi connectivity index (χ3v) is 4.79. The molecule has 1 aliphatic rings. The Bertz CT molecular complexity index is 867. The Labute approximate surface area is 146 Å².